The number of nitrogens with zero attached hydrogens (tertiary/aromatic N) is 2. The van der Waals surface area contributed by atoms with Crippen LogP contribution >= 0.6 is 0 Å². The fourth-order valence-corrected chi connectivity index (χ4v) is 10.1. The van der Waals surface area contributed by atoms with Crippen LogP contribution in [0.1, 0.15) is 48.9 Å². The van der Waals surface area contributed by atoms with E-state index in [-0.39, 0.29) is 5.41 Å². The number of hydrogen-bond donors (Lipinski definition) is 0. The molecule has 1 heterocycles. The molecule has 1 aliphatic heterocycles. The monoisotopic (exact) mass is 824 g/mol. The second kappa shape index (κ2) is 16.4. The standard InChI is InChI=1S/C61H48N2O/c1-3-61(4-2)54-40-44(32-37-51(54)52-38-36-50(42-55(52)61)62(48-20-10-6-11-21-48)49-22-12-7-13-23-49)29-28-43-30-33-46(34-31-43)53-41-47(45-18-8-5-9-19-45)35-39-56(53)63-57-24-14-16-26-59(57)64-60-27-17-15-25-58(60)63/h5-42H,3-4H2,1-2H3/b29-28+. The first-order valence-corrected chi connectivity index (χ1v) is 22.5. The van der Waals surface area contributed by atoms with Crippen molar-refractivity contribution in [3.63, 3.8) is 0 Å². The van der Waals surface area contributed by atoms with Gasteiger partial charge in [-0.05, 0) is 136 Å². The Bertz CT molecular complexity index is 3070. The molecule has 9 aromatic carbocycles. The summed E-state index contributed by atoms with van der Waals surface area (Å²) in [5, 5.41) is 0. The zero-order valence-electron chi connectivity index (χ0n) is 36.2. The lowest BCUT2D eigenvalue weighted by molar-refractivity contribution is 0.477. The topological polar surface area (TPSA) is 15.7 Å². The van der Waals surface area contributed by atoms with Gasteiger partial charge in [-0.2, -0.15) is 0 Å². The van der Waals surface area contributed by atoms with Crippen LogP contribution < -0.4 is 14.5 Å². The van der Waals surface area contributed by atoms with Crippen LogP contribution in [-0.2, 0) is 5.41 Å². The van der Waals surface area contributed by atoms with Crippen LogP contribution in [0.5, 0.6) is 11.5 Å². The zero-order chi connectivity index (χ0) is 43.0. The number of para-hydroxylation sites is 6. The van der Waals surface area contributed by atoms with Crippen LogP contribution in [0.3, 0.4) is 0 Å². The van der Waals surface area contributed by atoms with Gasteiger partial charge in [0.2, 0.25) is 0 Å². The van der Waals surface area contributed by atoms with Crippen LogP contribution in [0.25, 0.3) is 45.5 Å². The Morgan fingerprint density at radius 3 is 1.55 bits per heavy atom. The summed E-state index contributed by atoms with van der Waals surface area (Å²) in [6.07, 6.45) is 6.56. The number of anilines is 6. The first-order chi connectivity index (χ1) is 31.6. The molecule has 0 saturated heterocycles. The summed E-state index contributed by atoms with van der Waals surface area (Å²) in [5.74, 6) is 1.68. The molecule has 0 bridgehead atoms. The van der Waals surface area contributed by atoms with Gasteiger partial charge >= 0.3 is 0 Å². The molecular weight excluding hydrogens is 777 g/mol. The second-order valence-corrected chi connectivity index (χ2v) is 16.8. The minimum atomic E-state index is -0.0846. The van der Waals surface area contributed by atoms with Crippen molar-refractivity contribution in [3.8, 4) is 44.9 Å². The lowest BCUT2D eigenvalue weighted by Crippen LogP contribution is -2.23. The average molecular weight is 825 g/mol. The van der Waals surface area contributed by atoms with E-state index in [0.29, 0.717) is 0 Å². The highest BCUT2D eigenvalue weighted by Crippen LogP contribution is 2.55. The molecule has 64 heavy (non-hydrogen) atoms. The Morgan fingerprint density at radius 2 is 0.922 bits per heavy atom. The van der Waals surface area contributed by atoms with Crippen LogP contribution in [0.4, 0.5) is 34.1 Å². The van der Waals surface area contributed by atoms with Gasteiger partial charge in [0.1, 0.15) is 0 Å². The Hall–Kier alpha value is -7.88. The van der Waals surface area contributed by atoms with Gasteiger partial charge in [-0.25, -0.2) is 0 Å². The molecular formula is C61H48N2O. The highest BCUT2D eigenvalue weighted by molar-refractivity contribution is 5.95. The van der Waals surface area contributed by atoms with Crippen molar-refractivity contribution >= 4 is 46.3 Å². The molecule has 0 fully saturated rings. The fraction of sp³-hybridized carbons (Fsp3) is 0.0820. The third-order valence-electron chi connectivity index (χ3n) is 13.3. The van der Waals surface area contributed by atoms with Gasteiger partial charge in [-0.1, -0.05) is 172 Å². The molecule has 1 aliphatic carbocycles. The average Bonchev–Trinajstić information content (AvgIpc) is 3.64. The highest BCUT2D eigenvalue weighted by Gasteiger charge is 2.41. The van der Waals surface area contributed by atoms with Crippen LogP contribution in [0.15, 0.2) is 218 Å². The lowest BCUT2D eigenvalue weighted by Gasteiger charge is -2.34. The predicted octanol–water partition coefficient (Wildman–Crippen LogP) is 17.3. The van der Waals surface area contributed by atoms with Gasteiger partial charge in [0.15, 0.2) is 11.5 Å². The quantitative estimate of drug-likeness (QED) is 0.128. The maximum absolute atomic E-state index is 6.40. The largest absolute Gasteiger partial charge is 0.453 e. The molecule has 0 atom stereocenters. The van der Waals surface area contributed by atoms with E-state index in [0.717, 1.165) is 69.5 Å². The molecule has 0 radical (unpaired) electrons. The summed E-state index contributed by atoms with van der Waals surface area (Å²) in [6, 6.07) is 78.6. The Morgan fingerprint density at radius 1 is 0.406 bits per heavy atom. The van der Waals surface area contributed by atoms with E-state index in [1.807, 2.05) is 24.3 Å². The summed E-state index contributed by atoms with van der Waals surface area (Å²) in [7, 11) is 0. The third-order valence-corrected chi connectivity index (χ3v) is 13.3. The smallest absolute Gasteiger partial charge is 0.151 e. The number of fused-ring (bicyclic) bond motifs is 5. The molecule has 0 aromatic heterocycles. The van der Waals surface area contributed by atoms with E-state index >= 15 is 0 Å². The number of hydrogen-bond acceptors (Lipinski definition) is 3. The summed E-state index contributed by atoms with van der Waals surface area (Å²) < 4.78 is 6.40. The molecule has 308 valence electrons. The molecule has 0 N–H and O–H groups in total. The van der Waals surface area contributed by atoms with Crippen LogP contribution in [-0.4, -0.2) is 0 Å². The Labute approximate surface area is 376 Å². The molecule has 0 unspecified atom stereocenters. The van der Waals surface area contributed by atoms with Gasteiger partial charge in [-0.15, -0.1) is 0 Å². The maximum atomic E-state index is 6.40. The fourth-order valence-electron chi connectivity index (χ4n) is 10.1. The van der Waals surface area contributed by atoms with E-state index in [4.69, 9.17) is 4.74 Å². The summed E-state index contributed by atoms with van der Waals surface area (Å²) >= 11 is 0. The van der Waals surface area contributed by atoms with Gasteiger partial charge in [0.05, 0.1) is 17.1 Å². The van der Waals surface area contributed by atoms with E-state index < -0.39 is 0 Å². The van der Waals surface area contributed by atoms with Crippen molar-refractivity contribution in [2.75, 3.05) is 9.80 Å². The van der Waals surface area contributed by atoms with E-state index in [9.17, 15) is 0 Å². The van der Waals surface area contributed by atoms with Crippen molar-refractivity contribution in [1.82, 2.24) is 0 Å². The van der Waals surface area contributed by atoms with Crippen molar-refractivity contribution in [1.29, 1.82) is 0 Å². The summed E-state index contributed by atoms with van der Waals surface area (Å²) in [4.78, 5) is 4.72. The van der Waals surface area contributed by atoms with E-state index in [1.165, 1.54) is 44.6 Å². The minimum absolute atomic E-state index is 0.0846. The minimum Gasteiger partial charge on any atom is -0.453 e. The van der Waals surface area contributed by atoms with Gasteiger partial charge in [0, 0.05) is 28.0 Å². The molecule has 3 nitrogen and oxygen atoms in total. The number of benzene rings is 9. The zero-order valence-corrected chi connectivity index (χ0v) is 36.2. The SMILES string of the molecule is CCC1(CC)c2cc(/C=C/c3ccc(-c4cc(-c5ccccc5)ccc4N4c5ccccc5Oc5ccccc54)cc3)ccc2-c2ccc(N(c3ccccc3)c3ccccc3)cc21. The highest BCUT2D eigenvalue weighted by atomic mass is 16.5. The molecule has 3 heteroatoms. The van der Waals surface area contributed by atoms with Gasteiger partial charge < -0.3 is 14.5 Å². The predicted molar refractivity (Wildman–Crippen MR) is 269 cm³/mol. The Balaban J connectivity index is 0.931. The molecule has 0 spiro atoms. The first-order valence-electron chi connectivity index (χ1n) is 22.5. The van der Waals surface area contributed by atoms with Gasteiger partial charge in [-0.3, -0.25) is 0 Å². The number of rotatable bonds is 10. The van der Waals surface area contributed by atoms with Crippen LogP contribution in [0, 0.1) is 0 Å². The van der Waals surface area contributed by atoms with Crippen molar-refractivity contribution in [2.24, 2.45) is 0 Å². The van der Waals surface area contributed by atoms with E-state index in [2.05, 4.69) is 230 Å². The first kappa shape index (κ1) is 39.0. The van der Waals surface area contributed by atoms with Crippen molar-refractivity contribution < 1.29 is 4.74 Å². The molecule has 0 saturated carbocycles. The summed E-state index contributed by atoms with van der Waals surface area (Å²) in [5.41, 5.74) is 19.1. The Kier molecular flexibility index (Phi) is 10.0. The molecule has 9 aromatic rings. The molecule has 0 amide bonds. The molecule has 11 rings (SSSR count). The molecule has 2 aliphatic rings. The van der Waals surface area contributed by atoms with Crippen molar-refractivity contribution in [2.45, 2.75) is 32.1 Å². The van der Waals surface area contributed by atoms with Crippen LogP contribution in [0.2, 0.25) is 0 Å². The lowest BCUT2D eigenvalue weighted by atomic mass is 9.73. The third kappa shape index (κ3) is 6.78. The second-order valence-electron chi connectivity index (χ2n) is 16.8. The van der Waals surface area contributed by atoms with E-state index in [1.54, 1.807) is 0 Å². The summed E-state index contributed by atoms with van der Waals surface area (Å²) in [6.45, 7) is 4.70. The number of ether oxygens (including phenoxy) is 1. The van der Waals surface area contributed by atoms with Crippen molar-refractivity contribution in [3.05, 3.63) is 241 Å². The normalized spacial score (nSPS) is 13.1. The maximum Gasteiger partial charge on any atom is 0.151 e. The van der Waals surface area contributed by atoms with Gasteiger partial charge in [0.25, 0.3) is 0 Å².